The predicted octanol–water partition coefficient (Wildman–Crippen LogP) is 3.43. The Bertz CT molecular complexity index is 688. The second-order valence-electron chi connectivity index (χ2n) is 4.16. The first-order valence-corrected chi connectivity index (χ1v) is 6.51. The number of benzene rings is 1. The zero-order valence-electron chi connectivity index (χ0n) is 9.80. The van der Waals surface area contributed by atoms with E-state index in [1.54, 1.807) is 17.4 Å². The van der Waals surface area contributed by atoms with E-state index in [1.807, 2.05) is 29.0 Å². The Morgan fingerprint density at radius 2 is 2.22 bits per heavy atom. The maximum Gasteiger partial charge on any atom is 0.201 e. The molecule has 92 valence electrons. The molecule has 1 aromatic carbocycles. The van der Waals surface area contributed by atoms with Crippen LogP contribution in [-0.4, -0.2) is 9.55 Å². The molecule has 3 nitrogen and oxygen atoms in total. The highest BCUT2D eigenvalue weighted by molar-refractivity contribution is 7.10. The number of aromatic nitrogens is 2. The molecular formula is C13H12FN3S. The second kappa shape index (κ2) is 4.10. The van der Waals surface area contributed by atoms with Gasteiger partial charge in [0.25, 0.3) is 0 Å². The van der Waals surface area contributed by atoms with Crippen LogP contribution in [0.15, 0.2) is 35.7 Å². The minimum Gasteiger partial charge on any atom is -0.369 e. The summed E-state index contributed by atoms with van der Waals surface area (Å²) in [5, 5.41) is 2.02. The molecule has 3 rings (SSSR count). The molecule has 0 amide bonds. The lowest BCUT2D eigenvalue weighted by atomic mass is 10.2. The van der Waals surface area contributed by atoms with Crippen molar-refractivity contribution in [2.24, 2.45) is 0 Å². The summed E-state index contributed by atoms with van der Waals surface area (Å²) >= 11 is 1.65. The molecule has 0 saturated heterocycles. The van der Waals surface area contributed by atoms with Crippen molar-refractivity contribution in [1.29, 1.82) is 0 Å². The van der Waals surface area contributed by atoms with Gasteiger partial charge >= 0.3 is 0 Å². The molecule has 1 unspecified atom stereocenters. The highest BCUT2D eigenvalue weighted by atomic mass is 32.1. The van der Waals surface area contributed by atoms with Crippen molar-refractivity contribution in [1.82, 2.24) is 9.55 Å². The Kier molecular flexibility index (Phi) is 2.56. The molecule has 0 radical (unpaired) electrons. The number of imidazole rings is 1. The van der Waals surface area contributed by atoms with E-state index in [4.69, 9.17) is 5.73 Å². The first-order chi connectivity index (χ1) is 8.66. The van der Waals surface area contributed by atoms with Gasteiger partial charge in [0.15, 0.2) is 0 Å². The molecule has 0 fully saturated rings. The summed E-state index contributed by atoms with van der Waals surface area (Å²) in [6.45, 7) is 2.04. The fourth-order valence-corrected chi connectivity index (χ4v) is 2.92. The summed E-state index contributed by atoms with van der Waals surface area (Å²) in [4.78, 5) is 5.44. The molecule has 2 N–H and O–H groups in total. The predicted molar refractivity (Wildman–Crippen MR) is 72.2 cm³/mol. The third kappa shape index (κ3) is 1.67. The standard InChI is InChI=1S/C13H12FN3S/c1-8(12-3-2-6-18-12)17-11-7-9(14)4-5-10(11)16-13(17)15/h2-8H,1H3,(H2,15,16). The van der Waals surface area contributed by atoms with Gasteiger partial charge in [-0.15, -0.1) is 11.3 Å². The quantitative estimate of drug-likeness (QED) is 0.768. The third-order valence-electron chi connectivity index (χ3n) is 3.02. The number of nitrogen functional groups attached to an aromatic ring is 1. The minimum atomic E-state index is -0.276. The van der Waals surface area contributed by atoms with Crippen LogP contribution in [0.5, 0.6) is 0 Å². The van der Waals surface area contributed by atoms with Gasteiger partial charge in [0.05, 0.1) is 17.1 Å². The molecule has 0 saturated carbocycles. The molecule has 0 aliphatic carbocycles. The molecule has 2 heterocycles. The molecule has 3 aromatic rings. The molecule has 18 heavy (non-hydrogen) atoms. The molecule has 2 aromatic heterocycles. The van der Waals surface area contributed by atoms with Crippen LogP contribution >= 0.6 is 11.3 Å². The number of rotatable bonds is 2. The van der Waals surface area contributed by atoms with E-state index in [0.717, 1.165) is 11.0 Å². The third-order valence-corrected chi connectivity index (χ3v) is 4.06. The van der Waals surface area contributed by atoms with Crippen molar-refractivity contribution < 1.29 is 4.39 Å². The fraction of sp³-hybridized carbons (Fsp3) is 0.154. The van der Waals surface area contributed by atoms with Crippen LogP contribution in [0.4, 0.5) is 10.3 Å². The Balaban J connectivity index is 2.22. The van der Waals surface area contributed by atoms with Crippen molar-refractivity contribution in [3.63, 3.8) is 0 Å². The number of thiophene rings is 1. The van der Waals surface area contributed by atoms with Crippen molar-refractivity contribution in [3.05, 3.63) is 46.4 Å². The average molecular weight is 261 g/mol. The summed E-state index contributed by atoms with van der Waals surface area (Å²) in [6, 6.07) is 8.61. The summed E-state index contributed by atoms with van der Waals surface area (Å²) in [6.07, 6.45) is 0. The Morgan fingerprint density at radius 1 is 1.39 bits per heavy atom. The zero-order chi connectivity index (χ0) is 12.7. The lowest BCUT2D eigenvalue weighted by Crippen LogP contribution is -2.08. The molecular weight excluding hydrogens is 249 g/mol. The van der Waals surface area contributed by atoms with E-state index in [2.05, 4.69) is 4.98 Å². The van der Waals surface area contributed by atoms with Crippen LogP contribution in [0.1, 0.15) is 17.8 Å². The highest BCUT2D eigenvalue weighted by Crippen LogP contribution is 2.29. The number of anilines is 1. The largest absolute Gasteiger partial charge is 0.369 e. The Morgan fingerprint density at radius 3 is 2.94 bits per heavy atom. The zero-order valence-corrected chi connectivity index (χ0v) is 10.6. The van der Waals surface area contributed by atoms with Gasteiger partial charge in [0.2, 0.25) is 5.95 Å². The minimum absolute atomic E-state index is 0.0526. The Labute approximate surface area is 108 Å². The van der Waals surface area contributed by atoms with E-state index in [0.29, 0.717) is 5.95 Å². The number of fused-ring (bicyclic) bond motifs is 1. The lowest BCUT2D eigenvalue weighted by Gasteiger charge is -2.14. The van der Waals surface area contributed by atoms with Crippen molar-refractivity contribution in [2.75, 3.05) is 5.73 Å². The van der Waals surface area contributed by atoms with E-state index in [1.165, 1.54) is 17.0 Å². The number of halogens is 1. The van der Waals surface area contributed by atoms with E-state index in [-0.39, 0.29) is 11.9 Å². The Hall–Kier alpha value is -1.88. The van der Waals surface area contributed by atoms with Gasteiger partial charge in [-0.05, 0) is 36.6 Å². The first kappa shape index (κ1) is 11.2. The molecule has 1 atom stereocenters. The SMILES string of the molecule is CC(c1cccs1)n1c(N)nc2ccc(F)cc21. The van der Waals surface area contributed by atoms with Crippen LogP contribution < -0.4 is 5.73 Å². The van der Waals surface area contributed by atoms with Gasteiger partial charge in [-0.3, -0.25) is 0 Å². The average Bonchev–Trinajstić information content (AvgIpc) is 2.94. The molecule has 5 heteroatoms. The molecule has 0 aliphatic rings. The number of nitrogens with two attached hydrogens (primary N) is 1. The maximum atomic E-state index is 13.4. The van der Waals surface area contributed by atoms with Crippen LogP contribution in [-0.2, 0) is 0 Å². The van der Waals surface area contributed by atoms with E-state index in [9.17, 15) is 4.39 Å². The molecule has 0 bridgehead atoms. The summed E-state index contributed by atoms with van der Waals surface area (Å²) in [7, 11) is 0. The van der Waals surface area contributed by atoms with Crippen LogP contribution in [0, 0.1) is 5.82 Å². The van der Waals surface area contributed by atoms with Gasteiger partial charge in [-0.2, -0.15) is 0 Å². The van der Waals surface area contributed by atoms with Crippen LogP contribution in [0.3, 0.4) is 0 Å². The summed E-state index contributed by atoms with van der Waals surface area (Å²) in [5.41, 5.74) is 7.39. The smallest absolute Gasteiger partial charge is 0.201 e. The van der Waals surface area contributed by atoms with Gasteiger partial charge in [-0.25, -0.2) is 9.37 Å². The topological polar surface area (TPSA) is 43.8 Å². The van der Waals surface area contributed by atoms with E-state index >= 15 is 0 Å². The second-order valence-corrected chi connectivity index (χ2v) is 5.14. The number of hydrogen-bond donors (Lipinski definition) is 1. The maximum absolute atomic E-state index is 13.4. The van der Waals surface area contributed by atoms with Crippen LogP contribution in [0.25, 0.3) is 11.0 Å². The first-order valence-electron chi connectivity index (χ1n) is 5.63. The van der Waals surface area contributed by atoms with E-state index < -0.39 is 0 Å². The van der Waals surface area contributed by atoms with Crippen LogP contribution in [0.2, 0.25) is 0 Å². The summed E-state index contributed by atoms with van der Waals surface area (Å²) < 4.78 is 15.2. The fourth-order valence-electron chi connectivity index (χ4n) is 2.15. The van der Waals surface area contributed by atoms with Gasteiger partial charge in [0.1, 0.15) is 5.82 Å². The van der Waals surface area contributed by atoms with Gasteiger partial charge in [-0.1, -0.05) is 6.07 Å². The van der Waals surface area contributed by atoms with Gasteiger partial charge in [0, 0.05) is 4.88 Å². The van der Waals surface area contributed by atoms with Crippen molar-refractivity contribution in [2.45, 2.75) is 13.0 Å². The number of nitrogens with zero attached hydrogens (tertiary/aromatic N) is 2. The highest BCUT2D eigenvalue weighted by Gasteiger charge is 2.16. The molecule has 0 spiro atoms. The number of hydrogen-bond acceptors (Lipinski definition) is 3. The molecule has 0 aliphatic heterocycles. The van der Waals surface area contributed by atoms with Crippen molar-refractivity contribution in [3.8, 4) is 0 Å². The summed E-state index contributed by atoms with van der Waals surface area (Å²) in [5.74, 6) is 0.138. The lowest BCUT2D eigenvalue weighted by molar-refractivity contribution is 0.626. The normalized spacial score (nSPS) is 13.0. The van der Waals surface area contributed by atoms with Gasteiger partial charge < -0.3 is 10.3 Å². The van der Waals surface area contributed by atoms with Crippen molar-refractivity contribution >= 4 is 28.3 Å². The monoisotopic (exact) mass is 261 g/mol.